The van der Waals surface area contributed by atoms with Gasteiger partial charge in [0, 0.05) is 31.1 Å². The van der Waals surface area contributed by atoms with E-state index in [0.29, 0.717) is 36.6 Å². The topological polar surface area (TPSA) is 65.5 Å². The number of likely N-dealkylation sites (tertiary alicyclic amines) is 1. The number of carbonyl (C=O) groups is 2. The number of aromatic nitrogens is 1. The Morgan fingerprint density at radius 2 is 2.08 bits per heavy atom. The summed E-state index contributed by atoms with van der Waals surface area (Å²) >= 11 is 1.44. The Balaban J connectivity index is 1.40. The summed E-state index contributed by atoms with van der Waals surface area (Å²) in [6.45, 7) is 2.20. The van der Waals surface area contributed by atoms with Crippen LogP contribution in [0.15, 0.2) is 5.38 Å². The first-order chi connectivity index (χ1) is 11.7. The SMILES string of the molecule is O=C1NCCN1c1nc(CC(=O)N2CCC[C@H]2C2CCCC2)cs1. The van der Waals surface area contributed by atoms with Crippen LogP contribution in [-0.2, 0) is 11.2 Å². The average molecular weight is 348 g/mol. The number of urea groups is 1. The number of hydrogen-bond donors (Lipinski definition) is 1. The van der Waals surface area contributed by atoms with E-state index < -0.39 is 0 Å². The third-order valence-electron chi connectivity index (χ3n) is 5.52. The molecule has 1 aromatic rings. The van der Waals surface area contributed by atoms with Gasteiger partial charge in [-0.2, -0.15) is 0 Å². The molecule has 2 aliphatic heterocycles. The summed E-state index contributed by atoms with van der Waals surface area (Å²) < 4.78 is 0. The van der Waals surface area contributed by atoms with Crippen LogP contribution in [0, 0.1) is 5.92 Å². The minimum Gasteiger partial charge on any atom is -0.339 e. The maximum absolute atomic E-state index is 12.8. The number of hydrogen-bond acceptors (Lipinski definition) is 4. The fourth-order valence-electron chi connectivity index (χ4n) is 4.35. The number of rotatable bonds is 4. The molecule has 3 fully saturated rings. The predicted molar refractivity (Wildman–Crippen MR) is 93.3 cm³/mol. The van der Waals surface area contributed by atoms with Gasteiger partial charge in [0.15, 0.2) is 5.13 Å². The minimum absolute atomic E-state index is 0.0944. The Morgan fingerprint density at radius 1 is 1.25 bits per heavy atom. The zero-order chi connectivity index (χ0) is 16.5. The van der Waals surface area contributed by atoms with Crippen LogP contribution in [0.4, 0.5) is 9.93 Å². The van der Waals surface area contributed by atoms with Gasteiger partial charge in [0.2, 0.25) is 5.91 Å². The van der Waals surface area contributed by atoms with Crippen LogP contribution in [0.25, 0.3) is 0 Å². The van der Waals surface area contributed by atoms with Gasteiger partial charge in [-0.05, 0) is 31.6 Å². The lowest BCUT2D eigenvalue weighted by molar-refractivity contribution is -0.132. The largest absolute Gasteiger partial charge is 0.339 e. The smallest absolute Gasteiger partial charge is 0.323 e. The molecule has 0 unspecified atom stereocenters. The summed E-state index contributed by atoms with van der Waals surface area (Å²) in [7, 11) is 0. The molecule has 1 aromatic heterocycles. The van der Waals surface area contributed by atoms with Gasteiger partial charge < -0.3 is 10.2 Å². The normalized spacial score (nSPS) is 24.8. The van der Waals surface area contributed by atoms with Crippen molar-refractivity contribution in [2.24, 2.45) is 5.92 Å². The van der Waals surface area contributed by atoms with Crippen molar-refractivity contribution >= 4 is 28.4 Å². The number of nitrogens with zero attached hydrogens (tertiary/aromatic N) is 3. The Morgan fingerprint density at radius 3 is 2.83 bits per heavy atom. The fraction of sp³-hybridized carbons (Fsp3) is 0.706. The van der Waals surface area contributed by atoms with Crippen molar-refractivity contribution in [3.63, 3.8) is 0 Å². The molecule has 1 saturated carbocycles. The Labute approximate surface area is 146 Å². The molecule has 3 amide bonds. The predicted octanol–water partition coefficient (Wildman–Crippen LogP) is 2.40. The van der Waals surface area contributed by atoms with E-state index in [-0.39, 0.29) is 11.9 Å². The van der Waals surface area contributed by atoms with E-state index in [2.05, 4.69) is 15.2 Å². The van der Waals surface area contributed by atoms with E-state index in [1.165, 1.54) is 37.0 Å². The molecule has 2 saturated heterocycles. The Kier molecular flexibility index (Phi) is 4.43. The van der Waals surface area contributed by atoms with Gasteiger partial charge in [0.1, 0.15) is 0 Å². The average Bonchev–Trinajstić information content (AvgIpc) is 3.34. The van der Waals surface area contributed by atoms with E-state index in [9.17, 15) is 9.59 Å². The summed E-state index contributed by atoms with van der Waals surface area (Å²) in [6, 6.07) is 0.352. The van der Waals surface area contributed by atoms with E-state index in [4.69, 9.17) is 0 Å². The van der Waals surface area contributed by atoms with Gasteiger partial charge in [0.25, 0.3) is 0 Å². The molecule has 0 spiro atoms. The van der Waals surface area contributed by atoms with E-state index in [0.717, 1.165) is 25.1 Å². The Hall–Kier alpha value is -1.63. The second kappa shape index (κ2) is 6.70. The van der Waals surface area contributed by atoms with Crippen LogP contribution in [0.5, 0.6) is 0 Å². The van der Waals surface area contributed by atoms with Gasteiger partial charge in [-0.15, -0.1) is 11.3 Å². The lowest BCUT2D eigenvalue weighted by Crippen LogP contribution is -2.40. The summed E-state index contributed by atoms with van der Waals surface area (Å²) in [5.41, 5.74) is 0.789. The molecule has 3 aliphatic rings. The summed E-state index contributed by atoms with van der Waals surface area (Å²) in [4.78, 5) is 32.8. The van der Waals surface area contributed by atoms with Gasteiger partial charge in [-0.1, -0.05) is 12.8 Å². The molecule has 24 heavy (non-hydrogen) atoms. The molecule has 0 aromatic carbocycles. The molecular weight excluding hydrogens is 324 g/mol. The summed E-state index contributed by atoms with van der Waals surface area (Å²) in [5.74, 6) is 0.905. The first-order valence-electron chi connectivity index (χ1n) is 9.01. The van der Waals surface area contributed by atoms with Gasteiger partial charge in [-0.25, -0.2) is 9.78 Å². The third-order valence-corrected chi connectivity index (χ3v) is 6.44. The minimum atomic E-state index is -0.0944. The van der Waals surface area contributed by atoms with Crippen molar-refractivity contribution in [2.45, 2.75) is 51.0 Å². The quantitative estimate of drug-likeness (QED) is 0.909. The van der Waals surface area contributed by atoms with E-state index in [1.807, 2.05) is 5.38 Å². The lowest BCUT2D eigenvalue weighted by Gasteiger charge is -2.29. The van der Waals surface area contributed by atoms with Crippen LogP contribution in [0.2, 0.25) is 0 Å². The molecule has 0 radical (unpaired) electrons. The maximum Gasteiger partial charge on any atom is 0.323 e. The third kappa shape index (κ3) is 3.01. The number of thiazole rings is 1. The van der Waals surface area contributed by atoms with Crippen molar-refractivity contribution in [1.29, 1.82) is 0 Å². The second-order valence-corrected chi connectivity index (χ2v) is 7.86. The van der Waals surface area contributed by atoms with Crippen LogP contribution in [-0.4, -0.2) is 47.5 Å². The number of nitrogens with one attached hydrogen (secondary N) is 1. The fourth-order valence-corrected chi connectivity index (χ4v) is 5.20. The Bertz CT molecular complexity index is 626. The molecule has 130 valence electrons. The molecule has 7 heteroatoms. The number of amides is 3. The first-order valence-corrected chi connectivity index (χ1v) is 9.89. The zero-order valence-corrected chi connectivity index (χ0v) is 14.7. The molecule has 1 N–H and O–H groups in total. The lowest BCUT2D eigenvalue weighted by atomic mass is 9.96. The van der Waals surface area contributed by atoms with Gasteiger partial charge >= 0.3 is 6.03 Å². The molecule has 1 aliphatic carbocycles. The first kappa shape index (κ1) is 15.9. The van der Waals surface area contributed by atoms with Crippen molar-refractivity contribution in [1.82, 2.24) is 15.2 Å². The monoisotopic (exact) mass is 348 g/mol. The maximum atomic E-state index is 12.8. The van der Waals surface area contributed by atoms with Crippen molar-refractivity contribution in [3.8, 4) is 0 Å². The van der Waals surface area contributed by atoms with Crippen LogP contribution in [0.3, 0.4) is 0 Å². The van der Waals surface area contributed by atoms with E-state index in [1.54, 1.807) is 4.90 Å². The molecule has 6 nitrogen and oxygen atoms in total. The van der Waals surface area contributed by atoms with Gasteiger partial charge in [-0.3, -0.25) is 9.69 Å². The van der Waals surface area contributed by atoms with Crippen molar-refractivity contribution in [2.75, 3.05) is 24.5 Å². The zero-order valence-electron chi connectivity index (χ0n) is 13.9. The highest BCUT2D eigenvalue weighted by Gasteiger charge is 2.36. The number of carbonyl (C=O) groups excluding carboxylic acids is 2. The van der Waals surface area contributed by atoms with Crippen molar-refractivity contribution in [3.05, 3.63) is 11.1 Å². The van der Waals surface area contributed by atoms with E-state index >= 15 is 0 Å². The highest BCUT2D eigenvalue weighted by Crippen LogP contribution is 2.35. The molecular formula is C17H24N4O2S. The van der Waals surface area contributed by atoms with Crippen LogP contribution < -0.4 is 10.2 Å². The number of anilines is 1. The van der Waals surface area contributed by atoms with Crippen molar-refractivity contribution < 1.29 is 9.59 Å². The van der Waals surface area contributed by atoms with Crippen LogP contribution >= 0.6 is 11.3 Å². The second-order valence-electron chi connectivity index (χ2n) is 7.02. The van der Waals surface area contributed by atoms with Crippen LogP contribution in [0.1, 0.15) is 44.2 Å². The molecule has 4 rings (SSSR count). The summed E-state index contributed by atoms with van der Waals surface area (Å²) in [5, 5.41) is 5.39. The summed E-state index contributed by atoms with van der Waals surface area (Å²) in [6.07, 6.45) is 7.83. The standard InChI is InChI=1S/C17H24N4O2S/c22-15(20-8-3-6-14(20)12-4-1-2-5-12)10-13-11-24-17(19-13)21-9-7-18-16(21)23/h11-12,14H,1-10H2,(H,18,23)/t14-/m0/s1. The van der Waals surface area contributed by atoms with Gasteiger partial charge in [0.05, 0.1) is 12.1 Å². The highest BCUT2D eigenvalue weighted by molar-refractivity contribution is 7.14. The molecule has 1 atom stereocenters. The molecule has 3 heterocycles. The molecule has 0 bridgehead atoms. The highest BCUT2D eigenvalue weighted by atomic mass is 32.1.